The van der Waals surface area contributed by atoms with Gasteiger partial charge in [-0.15, -0.1) is 0 Å². The molecule has 1 atom stereocenters. The highest BCUT2D eigenvalue weighted by atomic mass is 16.2. The van der Waals surface area contributed by atoms with Crippen LogP contribution in [-0.4, -0.2) is 59.8 Å². The summed E-state index contributed by atoms with van der Waals surface area (Å²) >= 11 is 0. The van der Waals surface area contributed by atoms with E-state index in [1.165, 1.54) is 12.4 Å². The Morgan fingerprint density at radius 2 is 1.69 bits per heavy atom. The number of rotatable bonds is 4. The van der Waals surface area contributed by atoms with Gasteiger partial charge in [0.25, 0.3) is 11.8 Å². The third kappa shape index (κ3) is 4.26. The van der Waals surface area contributed by atoms with Crippen LogP contribution in [0.1, 0.15) is 39.2 Å². The molecule has 1 aromatic carbocycles. The topological polar surface area (TPSA) is 65.5 Å². The molecule has 0 aliphatic carbocycles. The van der Waals surface area contributed by atoms with Gasteiger partial charge in [0.15, 0.2) is 0 Å². The van der Waals surface area contributed by atoms with E-state index in [9.17, 15) is 9.59 Å². The third-order valence-electron chi connectivity index (χ3n) is 4.69. The first-order valence-corrected chi connectivity index (χ1v) is 8.83. The van der Waals surface area contributed by atoms with Gasteiger partial charge in [0.05, 0.1) is 17.2 Å². The van der Waals surface area contributed by atoms with Crippen LogP contribution in [0.2, 0.25) is 0 Å². The van der Waals surface area contributed by atoms with Gasteiger partial charge < -0.3 is 15.1 Å². The zero-order chi connectivity index (χ0) is 18.5. The molecule has 136 valence electrons. The van der Waals surface area contributed by atoms with Crippen LogP contribution in [0.5, 0.6) is 0 Å². The van der Waals surface area contributed by atoms with E-state index >= 15 is 0 Å². The maximum absolute atomic E-state index is 12.7. The molecule has 2 heterocycles. The highest BCUT2D eigenvalue weighted by Crippen LogP contribution is 2.14. The van der Waals surface area contributed by atoms with E-state index < -0.39 is 0 Å². The smallest absolute Gasteiger partial charge is 0.255 e. The van der Waals surface area contributed by atoms with Crippen LogP contribution in [0.4, 0.5) is 0 Å². The maximum atomic E-state index is 12.7. The van der Waals surface area contributed by atoms with E-state index in [0.717, 1.165) is 18.7 Å². The van der Waals surface area contributed by atoms with E-state index in [2.05, 4.69) is 15.2 Å². The Kier molecular flexibility index (Phi) is 5.63. The van der Waals surface area contributed by atoms with Crippen molar-refractivity contribution in [2.75, 3.05) is 33.2 Å². The summed E-state index contributed by atoms with van der Waals surface area (Å²) in [5, 5.41) is 2.95. The number of benzene rings is 1. The number of nitrogens with zero attached hydrogens (tertiary/aromatic N) is 3. The lowest BCUT2D eigenvalue weighted by Gasteiger charge is -2.32. The van der Waals surface area contributed by atoms with Crippen LogP contribution in [0.3, 0.4) is 0 Å². The van der Waals surface area contributed by atoms with E-state index in [-0.39, 0.29) is 17.9 Å². The van der Waals surface area contributed by atoms with E-state index in [1.54, 1.807) is 6.07 Å². The molecule has 1 aliphatic rings. The van der Waals surface area contributed by atoms with Crippen molar-refractivity contribution in [3.8, 4) is 0 Å². The Labute approximate surface area is 153 Å². The standard InChI is InChI=1S/C20H24N4O2/c1-15(16-6-4-3-5-7-16)22-19(25)17-12-18(14-21-13-17)20(26)24-10-8-23(2)9-11-24/h3-7,12-15H,8-11H2,1-2H3,(H,22,25). The lowest BCUT2D eigenvalue weighted by Crippen LogP contribution is -2.47. The average molecular weight is 352 g/mol. The molecule has 2 amide bonds. The molecule has 1 aromatic heterocycles. The fraction of sp³-hybridized carbons (Fsp3) is 0.350. The first-order valence-electron chi connectivity index (χ1n) is 8.83. The monoisotopic (exact) mass is 352 g/mol. The average Bonchev–Trinajstić information content (AvgIpc) is 2.68. The predicted molar refractivity (Wildman–Crippen MR) is 100.0 cm³/mol. The molecule has 6 nitrogen and oxygen atoms in total. The van der Waals surface area contributed by atoms with E-state index in [0.29, 0.717) is 24.2 Å². The third-order valence-corrected chi connectivity index (χ3v) is 4.69. The molecule has 3 rings (SSSR count). The molecule has 6 heteroatoms. The zero-order valence-electron chi connectivity index (χ0n) is 15.2. The van der Waals surface area contributed by atoms with Crippen LogP contribution in [-0.2, 0) is 0 Å². The minimum atomic E-state index is -0.234. The molecule has 0 bridgehead atoms. The van der Waals surface area contributed by atoms with Crippen molar-refractivity contribution in [3.63, 3.8) is 0 Å². The van der Waals surface area contributed by atoms with Crippen LogP contribution < -0.4 is 5.32 Å². The van der Waals surface area contributed by atoms with Crippen molar-refractivity contribution in [2.24, 2.45) is 0 Å². The first-order chi connectivity index (χ1) is 12.5. The quantitative estimate of drug-likeness (QED) is 0.914. The maximum Gasteiger partial charge on any atom is 0.255 e. The number of amides is 2. The van der Waals surface area contributed by atoms with Gasteiger partial charge in [-0.2, -0.15) is 0 Å². The van der Waals surface area contributed by atoms with Crippen LogP contribution in [0.15, 0.2) is 48.8 Å². The van der Waals surface area contributed by atoms with Crippen molar-refractivity contribution in [1.82, 2.24) is 20.1 Å². The fourth-order valence-electron chi connectivity index (χ4n) is 2.98. The number of likely N-dealkylation sites (N-methyl/N-ethyl adjacent to an activating group) is 1. The summed E-state index contributed by atoms with van der Waals surface area (Å²) in [6.45, 7) is 5.02. The van der Waals surface area contributed by atoms with Crippen molar-refractivity contribution >= 4 is 11.8 Å². The van der Waals surface area contributed by atoms with Crippen molar-refractivity contribution in [1.29, 1.82) is 0 Å². The number of piperazine rings is 1. The SMILES string of the molecule is CC(NC(=O)c1cncc(C(=O)N2CCN(C)CC2)c1)c1ccccc1. The summed E-state index contributed by atoms with van der Waals surface area (Å²) in [6.07, 6.45) is 3.02. The second-order valence-electron chi connectivity index (χ2n) is 6.66. The second-order valence-corrected chi connectivity index (χ2v) is 6.66. The number of hydrogen-bond donors (Lipinski definition) is 1. The molecule has 2 aromatic rings. The molecular formula is C20H24N4O2. The van der Waals surface area contributed by atoms with Gasteiger partial charge in [-0.05, 0) is 25.6 Å². The van der Waals surface area contributed by atoms with Crippen molar-refractivity contribution in [3.05, 3.63) is 65.5 Å². The molecule has 0 radical (unpaired) electrons. The molecule has 1 unspecified atom stereocenters. The summed E-state index contributed by atoms with van der Waals surface area (Å²) in [6, 6.07) is 11.3. The fourth-order valence-corrected chi connectivity index (χ4v) is 2.98. The van der Waals surface area contributed by atoms with Gasteiger partial charge in [-0.3, -0.25) is 14.6 Å². The normalized spacial score (nSPS) is 16.2. The number of carbonyl (C=O) groups excluding carboxylic acids is 2. The second kappa shape index (κ2) is 8.10. The van der Waals surface area contributed by atoms with E-state index in [1.807, 2.05) is 49.2 Å². The lowest BCUT2D eigenvalue weighted by atomic mass is 10.1. The van der Waals surface area contributed by atoms with Crippen LogP contribution in [0.25, 0.3) is 0 Å². The first kappa shape index (κ1) is 18.1. The highest BCUT2D eigenvalue weighted by molar-refractivity contribution is 5.99. The largest absolute Gasteiger partial charge is 0.345 e. The Morgan fingerprint density at radius 3 is 2.38 bits per heavy atom. The molecule has 1 fully saturated rings. The van der Waals surface area contributed by atoms with E-state index in [4.69, 9.17) is 0 Å². The minimum Gasteiger partial charge on any atom is -0.345 e. The Balaban J connectivity index is 1.68. The number of carbonyl (C=O) groups is 2. The summed E-state index contributed by atoms with van der Waals surface area (Å²) < 4.78 is 0. The summed E-state index contributed by atoms with van der Waals surface area (Å²) in [5.74, 6) is -0.307. The van der Waals surface area contributed by atoms with Crippen LogP contribution >= 0.6 is 0 Å². The van der Waals surface area contributed by atoms with Gasteiger partial charge in [-0.25, -0.2) is 0 Å². The molecule has 0 spiro atoms. The number of pyridine rings is 1. The molecule has 26 heavy (non-hydrogen) atoms. The molecule has 1 aliphatic heterocycles. The van der Waals surface area contributed by atoms with Gasteiger partial charge in [0.2, 0.25) is 0 Å². The summed E-state index contributed by atoms with van der Waals surface area (Å²) in [7, 11) is 2.04. The van der Waals surface area contributed by atoms with Gasteiger partial charge in [-0.1, -0.05) is 30.3 Å². The van der Waals surface area contributed by atoms with Gasteiger partial charge >= 0.3 is 0 Å². The number of nitrogens with one attached hydrogen (secondary N) is 1. The Morgan fingerprint density at radius 1 is 1.04 bits per heavy atom. The summed E-state index contributed by atoms with van der Waals surface area (Å²) in [5.41, 5.74) is 1.88. The molecular weight excluding hydrogens is 328 g/mol. The Hall–Kier alpha value is -2.73. The zero-order valence-corrected chi connectivity index (χ0v) is 15.2. The Bertz CT molecular complexity index is 770. The molecule has 0 saturated carbocycles. The minimum absolute atomic E-state index is 0.0728. The predicted octanol–water partition coefficient (Wildman–Crippen LogP) is 1.96. The van der Waals surface area contributed by atoms with Crippen molar-refractivity contribution in [2.45, 2.75) is 13.0 Å². The van der Waals surface area contributed by atoms with Crippen molar-refractivity contribution < 1.29 is 9.59 Å². The lowest BCUT2D eigenvalue weighted by molar-refractivity contribution is 0.0663. The number of hydrogen-bond acceptors (Lipinski definition) is 4. The summed E-state index contributed by atoms with van der Waals surface area (Å²) in [4.78, 5) is 33.3. The highest BCUT2D eigenvalue weighted by Gasteiger charge is 2.21. The molecule has 1 saturated heterocycles. The van der Waals surface area contributed by atoms with Gasteiger partial charge in [0.1, 0.15) is 0 Å². The van der Waals surface area contributed by atoms with Crippen LogP contribution in [0, 0.1) is 0 Å². The number of aromatic nitrogens is 1. The molecule has 1 N–H and O–H groups in total. The van der Waals surface area contributed by atoms with Gasteiger partial charge in [0, 0.05) is 38.6 Å².